The molecule has 0 aliphatic carbocycles. The van der Waals surface area contributed by atoms with Crippen LogP contribution in [0.1, 0.15) is 39.0 Å². The van der Waals surface area contributed by atoms with Gasteiger partial charge in [0.25, 0.3) is 5.91 Å². The smallest absolute Gasteiger partial charge is 0.263 e. The zero-order chi connectivity index (χ0) is 18.6. The molecule has 5 nitrogen and oxygen atoms in total. The third-order valence-corrected chi connectivity index (χ3v) is 6.08. The zero-order valence-electron chi connectivity index (χ0n) is 15.4. The minimum Gasteiger partial charge on any atom is -0.379 e. The molecule has 1 aliphatic rings. The Labute approximate surface area is 163 Å². The van der Waals surface area contributed by atoms with Crippen molar-refractivity contribution in [3.63, 3.8) is 0 Å². The number of benzene rings is 1. The molecular formula is C21H23N3O2S. The number of thiophene rings is 1. The second kappa shape index (κ2) is 8.06. The molecule has 27 heavy (non-hydrogen) atoms. The molecule has 6 heteroatoms. The van der Waals surface area contributed by atoms with E-state index in [2.05, 4.69) is 22.3 Å². The highest BCUT2D eigenvalue weighted by atomic mass is 32.1. The quantitative estimate of drug-likeness (QED) is 0.717. The van der Waals surface area contributed by atoms with Crippen LogP contribution in [-0.2, 0) is 11.3 Å². The Hall–Kier alpha value is -2.44. The highest BCUT2D eigenvalue weighted by Gasteiger charge is 2.28. The number of carbonyl (C=O) groups is 1. The predicted octanol–water partition coefficient (Wildman–Crippen LogP) is 4.30. The Kier molecular flexibility index (Phi) is 5.36. The summed E-state index contributed by atoms with van der Waals surface area (Å²) in [6.45, 7) is 2.08. The molecule has 0 bridgehead atoms. The number of likely N-dealkylation sites (tertiary alicyclic amines) is 1. The van der Waals surface area contributed by atoms with Crippen LogP contribution < -0.4 is 0 Å². The first-order valence-corrected chi connectivity index (χ1v) is 10.0. The zero-order valence-corrected chi connectivity index (χ0v) is 16.2. The number of piperidine rings is 1. The highest BCUT2D eigenvalue weighted by molar-refractivity contribution is 7.14. The van der Waals surface area contributed by atoms with E-state index >= 15 is 0 Å². The Morgan fingerprint density at radius 1 is 1.30 bits per heavy atom. The van der Waals surface area contributed by atoms with Gasteiger partial charge < -0.3 is 9.64 Å². The summed E-state index contributed by atoms with van der Waals surface area (Å²) in [6, 6.07) is 14.2. The number of amides is 1. The summed E-state index contributed by atoms with van der Waals surface area (Å²) in [5, 5.41) is 7.48. The van der Waals surface area contributed by atoms with Crippen molar-refractivity contribution in [3.05, 3.63) is 64.1 Å². The number of hydrogen-bond acceptors (Lipinski definition) is 4. The van der Waals surface area contributed by atoms with Crippen molar-refractivity contribution in [2.75, 3.05) is 20.2 Å². The normalized spacial score (nSPS) is 17.2. The fourth-order valence-electron chi connectivity index (χ4n) is 3.72. The van der Waals surface area contributed by atoms with Gasteiger partial charge in [0.15, 0.2) is 0 Å². The SMILES string of the molecule is COCc1ccc(C(=O)N2CCCC(c3[nH]ncc3-c3ccccc3)C2)s1. The Balaban J connectivity index is 1.52. The largest absolute Gasteiger partial charge is 0.379 e. The molecule has 4 rings (SSSR count). The number of rotatable bonds is 5. The second-order valence-corrected chi connectivity index (χ2v) is 8.02. The summed E-state index contributed by atoms with van der Waals surface area (Å²) in [5.74, 6) is 0.395. The monoisotopic (exact) mass is 381 g/mol. The van der Waals surface area contributed by atoms with Crippen molar-refractivity contribution in [1.29, 1.82) is 0 Å². The van der Waals surface area contributed by atoms with Crippen LogP contribution in [0.2, 0.25) is 0 Å². The fourth-order valence-corrected chi connectivity index (χ4v) is 4.67. The van der Waals surface area contributed by atoms with Crippen molar-refractivity contribution in [2.45, 2.75) is 25.4 Å². The van der Waals surface area contributed by atoms with Gasteiger partial charge in [0.05, 0.1) is 17.7 Å². The lowest BCUT2D eigenvalue weighted by Crippen LogP contribution is -2.39. The van der Waals surface area contributed by atoms with Crippen LogP contribution in [0, 0.1) is 0 Å². The van der Waals surface area contributed by atoms with Gasteiger partial charge in [0.1, 0.15) is 0 Å². The minimum atomic E-state index is 0.118. The molecule has 1 amide bonds. The minimum absolute atomic E-state index is 0.118. The molecule has 0 radical (unpaired) electrons. The van der Waals surface area contributed by atoms with Crippen LogP contribution in [0.3, 0.4) is 0 Å². The van der Waals surface area contributed by atoms with Gasteiger partial charge in [-0.05, 0) is 30.5 Å². The van der Waals surface area contributed by atoms with Gasteiger partial charge in [-0.15, -0.1) is 11.3 Å². The number of nitrogens with one attached hydrogen (secondary N) is 1. The van der Waals surface area contributed by atoms with E-state index in [1.165, 1.54) is 11.3 Å². The number of hydrogen-bond donors (Lipinski definition) is 1. The van der Waals surface area contributed by atoms with E-state index in [0.29, 0.717) is 6.61 Å². The number of aromatic nitrogens is 2. The molecule has 1 aromatic carbocycles. The summed E-state index contributed by atoms with van der Waals surface area (Å²) >= 11 is 1.52. The average molecular weight is 382 g/mol. The lowest BCUT2D eigenvalue weighted by atomic mass is 9.90. The van der Waals surface area contributed by atoms with Gasteiger partial charge >= 0.3 is 0 Å². The van der Waals surface area contributed by atoms with Crippen LogP contribution >= 0.6 is 11.3 Å². The summed E-state index contributed by atoms with van der Waals surface area (Å²) in [4.78, 5) is 16.8. The van der Waals surface area contributed by atoms with E-state index in [1.54, 1.807) is 7.11 Å². The maximum absolute atomic E-state index is 13.0. The number of nitrogens with zero attached hydrogens (tertiary/aromatic N) is 2. The van der Waals surface area contributed by atoms with E-state index in [4.69, 9.17) is 4.74 Å². The molecule has 140 valence electrons. The van der Waals surface area contributed by atoms with E-state index in [0.717, 1.165) is 52.5 Å². The van der Waals surface area contributed by atoms with Gasteiger partial charge in [0.2, 0.25) is 0 Å². The Morgan fingerprint density at radius 3 is 2.96 bits per heavy atom. The maximum atomic E-state index is 13.0. The first kappa shape index (κ1) is 17.9. The van der Waals surface area contributed by atoms with Crippen molar-refractivity contribution in [3.8, 4) is 11.1 Å². The Bertz CT molecular complexity index is 903. The molecule has 3 heterocycles. The molecule has 3 aromatic rings. The molecule has 0 spiro atoms. The van der Waals surface area contributed by atoms with Crippen LogP contribution in [0.4, 0.5) is 0 Å². The maximum Gasteiger partial charge on any atom is 0.263 e. The molecule has 1 N–H and O–H groups in total. The van der Waals surface area contributed by atoms with E-state index in [-0.39, 0.29) is 11.8 Å². The first-order valence-electron chi connectivity index (χ1n) is 9.22. The van der Waals surface area contributed by atoms with Crippen molar-refractivity contribution >= 4 is 17.2 Å². The number of ether oxygens (including phenoxy) is 1. The number of aromatic amines is 1. The van der Waals surface area contributed by atoms with E-state index < -0.39 is 0 Å². The fraction of sp³-hybridized carbons (Fsp3) is 0.333. The molecule has 1 unspecified atom stereocenters. The predicted molar refractivity (Wildman–Crippen MR) is 107 cm³/mol. The van der Waals surface area contributed by atoms with Gasteiger partial charge in [0, 0.05) is 42.3 Å². The molecule has 2 aromatic heterocycles. The molecule has 1 aliphatic heterocycles. The van der Waals surface area contributed by atoms with Gasteiger partial charge in [-0.2, -0.15) is 5.10 Å². The van der Waals surface area contributed by atoms with Crippen LogP contribution in [-0.4, -0.2) is 41.2 Å². The Morgan fingerprint density at radius 2 is 2.15 bits per heavy atom. The van der Waals surface area contributed by atoms with Crippen LogP contribution in [0.25, 0.3) is 11.1 Å². The third kappa shape index (κ3) is 3.82. The van der Waals surface area contributed by atoms with Gasteiger partial charge in [-0.25, -0.2) is 0 Å². The number of methoxy groups -OCH3 is 1. The van der Waals surface area contributed by atoms with Crippen LogP contribution in [0.15, 0.2) is 48.7 Å². The van der Waals surface area contributed by atoms with E-state index in [9.17, 15) is 4.79 Å². The summed E-state index contributed by atoms with van der Waals surface area (Å²) in [7, 11) is 1.67. The standard InChI is InChI=1S/C21H23N3O2S/c1-26-14-17-9-10-19(27-17)21(25)24-11-5-8-16(13-24)20-18(12-22-23-20)15-6-3-2-4-7-15/h2-4,6-7,9-10,12,16H,5,8,11,13-14H2,1H3,(H,22,23). The molecule has 1 atom stereocenters. The third-order valence-electron chi connectivity index (χ3n) is 5.03. The molecular weight excluding hydrogens is 358 g/mol. The van der Waals surface area contributed by atoms with Gasteiger partial charge in [-0.3, -0.25) is 9.89 Å². The lowest BCUT2D eigenvalue weighted by Gasteiger charge is -2.32. The highest BCUT2D eigenvalue weighted by Crippen LogP contribution is 2.33. The summed E-state index contributed by atoms with van der Waals surface area (Å²) < 4.78 is 5.16. The molecule has 1 fully saturated rings. The number of H-pyrrole nitrogens is 1. The lowest BCUT2D eigenvalue weighted by molar-refractivity contribution is 0.0711. The van der Waals surface area contributed by atoms with E-state index in [1.807, 2.05) is 41.4 Å². The van der Waals surface area contributed by atoms with Gasteiger partial charge in [-0.1, -0.05) is 30.3 Å². The topological polar surface area (TPSA) is 58.2 Å². The second-order valence-electron chi connectivity index (χ2n) is 6.85. The summed E-state index contributed by atoms with van der Waals surface area (Å²) in [5.41, 5.74) is 3.42. The van der Waals surface area contributed by atoms with Crippen molar-refractivity contribution < 1.29 is 9.53 Å². The van der Waals surface area contributed by atoms with Crippen LogP contribution in [0.5, 0.6) is 0 Å². The van der Waals surface area contributed by atoms with Crippen molar-refractivity contribution in [1.82, 2.24) is 15.1 Å². The van der Waals surface area contributed by atoms with Crippen molar-refractivity contribution in [2.24, 2.45) is 0 Å². The number of carbonyl (C=O) groups excluding carboxylic acids is 1. The summed E-state index contributed by atoms with van der Waals surface area (Å²) in [6.07, 6.45) is 3.95. The first-order chi connectivity index (χ1) is 13.3. The average Bonchev–Trinajstić information content (AvgIpc) is 3.38. The molecule has 1 saturated heterocycles. The molecule has 0 saturated carbocycles.